The lowest BCUT2D eigenvalue weighted by Crippen LogP contribution is -2.17. The molecule has 1 amide bonds. The van der Waals surface area contributed by atoms with Crippen molar-refractivity contribution < 1.29 is 9.53 Å². The van der Waals surface area contributed by atoms with E-state index in [2.05, 4.69) is 17.1 Å². The molecule has 0 heterocycles. The fraction of sp³-hybridized carbons (Fsp3) is 0.158. The van der Waals surface area contributed by atoms with Crippen molar-refractivity contribution in [3.8, 4) is 5.75 Å². The molecule has 0 spiro atoms. The lowest BCUT2D eigenvalue weighted by atomic mass is 10.1. The molecule has 2 aromatic rings. The van der Waals surface area contributed by atoms with E-state index in [1.807, 2.05) is 54.6 Å². The van der Waals surface area contributed by atoms with Gasteiger partial charge in [0.25, 0.3) is 0 Å². The Morgan fingerprint density at radius 3 is 2.78 bits per heavy atom. The standard InChI is InChI=1S/C19H20N2O2/c1-2-13-23-18-10-6-9-17(14-18)15-20-21-19(22)12-11-16-7-4-3-5-8-16/h2-10,14-15H,1,11-13H2,(H,21,22)/b20-15-. The van der Waals surface area contributed by atoms with Gasteiger partial charge in [-0.25, -0.2) is 5.43 Å². The average Bonchev–Trinajstić information content (AvgIpc) is 2.59. The number of aryl methyl sites for hydroxylation is 1. The summed E-state index contributed by atoms with van der Waals surface area (Å²) in [6.45, 7) is 4.06. The molecule has 4 heteroatoms. The summed E-state index contributed by atoms with van der Waals surface area (Å²) in [6, 6.07) is 17.4. The Kier molecular flexibility index (Phi) is 6.60. The Hall–Kier alpha value is -2.88. The Labute approximate surface area is 136 Å². The normalized spacial score (nSPS) is 10.4. The number of hydrogen-bond donors (Lipinski definition) is 1. The van der Waals surface area contributed by atoms with Crippen molar-refractivity contribution in [3.05, 3.63) is 78.4 Å². The average molecular weight is 308 g/mol. The second-order valence-corrected chi connectivity index (χ2v) is 4.95. The molecule has 0 radical (unpaired) electrons. The van der Waals surface area contributed by atoms with Crippen molar-refractivity contribution in [3.63, 3.8) is 0 Å². The quantitative estimate of drug-likeness (QED) is 0.462. The maximum atomic E-state index is 11.8. The molecule has 0 atom stereocenters. The zero-order valence-corrected chi connectivity index (χ0v) is 12.9. The third-order valence-corrected chi connectivity index (χ3v) is 3.11. The summed E-state index contributed by atoms with van der Waals surface area (Å²) in [5.41, 5.74) is 4.53. The summed E-state index contributed by atoms with van der Waals surface area (Å²) in [5, 5.41) is 3.97. The fourth-order valence-corrected chi connectivity index (χ4v) is 1.98. The second kappa shape index (κ2) is 9.20. The maximum Gasteiger partial charge on any atom is 0.240 e. The Morgan fingerprint density at radius 2 is 2.00 bits per heavy atom. The van der Waals surface area contributed by atoms with Gasteiger partial charge in [0.05, 0.1) is 6.21 Å². The first-order valence-electron chi connectivity index (χ1n) is 7.47. The van der Waals surface area contributed by atoms with Gasteiger partial charge in [-0.15, -0.1) is 0 Å². The molecule has 23 heavy (non-hydrogen) atoms. The molecule has 0 fully saturated rings. The van der Waals surface area contributed by atoms with Gasteiger partial charge in [-0.2, -0.15) is 5.10 Å². The zero-order valence-electron chi connectivity index (χ0n) is 12.9. The number of nitrogens with zero attached hydrogens (tertiary/aromatic N) is 1. The molecule has 4 nitrogen and oxygen atoms in total. The van der Waals surface area contributed by atoms with Crippen LogP contribution >= 0.6 is 0 Å². The molecule has 0 saturated heterocycles. The second-order valence-electron chi connectivity index (χ2n) is 4.95. The van der Waals surface area contributed by atoms with Crippen LogP contribution in [0.25, 0.3) is 0 Å². The van der Waals surface area contributed by atoms with E-state index in [0.717, 1.165) is 16.9 Å². The van der Waals surface area contributed by atoms with E-state index in [1.165, 1.54) is 0 Å². The minimum absolute atomic E-state index is 0.107. The van der Waals surface area contributed by atoms with Crippen LogP contribution in [0.2, 0.25) is 0 Å². The molecular weight excluding hydrogens is 288 g/mol. The topological polar surface area (TPSA) is 50.7 Å². The Bertz CT molecular complexity index is 666. The number of hydrogen-bond acceptors (Lipinski definition) is 3. The number of carbonyl (C=O) groups excluding carboxylic acids is 1. The highest BCUT2D eigenvalue weighted by atomic mass is 16.5. The molecule has 118 valence electrons. The van der Waals surface area contributed by atoms with E-state index >= 15 is 0 Å². The van der Waals surface area contributed by atoms with Crippen molar-refractivity contribution in [1.29, 1.82) is 0 Å². The zero-order chi connectivity index (χ0) is 16.3. The molecule has 0 unspecified atom stereocenters. The van der Waals surface area contributed by atoms with Crippen LogP contribution in [-0.4, -0.2) is 18.7 Å². The van der Waals surface area contributed by atoms with Crippen LogP contribution in [-0.2, 0) is 11.2 Å². The van der Waals surface area contributed by atoms with Gasteiger partial charge in [-0.3, -0.25) is 4.79 Å². The Morgan fingerprint density at radius 1 is 1.17 bits per heavy atom. The molecule has 0 aliphatic rings. The highest BCUT2D eigenvalue weighted by molar-refractivity contribution is 5.82. The van der Waals surface area contributed by atoms with Crippen molar-refractivity contribution in [2.24, 2.45) is 5.10 Å². The number of benzene rings is 2. The van der Waals surface area contributed by atoms with Crippen molar-refractivity contribution in [1.82, 2.24) is 5.43 Å². The minimum Gasteiger partial charge on any atom is -0.490 e. The summed E-state index contributed by atoms with van der Waals surface area (Å²) < 4.78 is 5.44. The van der Waals surface area contributed by atoms with Crippen LogP contribution in [0.1, 0.15) is 17.5 Å². The summed E-state index contributed by atoms with van der Waals surface area (Å²) in [7, 11) is 0. The first kappa shape index (κ1) is 16.5. The third-order valence-electron chi connectivity index (χ3n) is 3.11. The predicted molar refractivity (Wildman–Crippen MR) is 92.6 cm³/mol. The molecule has 0 saturated carbocycles. The molecule has 0 bridgehead atoms. The molecule has 0 aromatic heterocycles. The smallest absolute Gasteiger partial charge is 0.240 e. The van der Waals surface area contributed by atoms with Gasteiger partial charge >= 0.3 is 0 Å². The van der Waals surface area contributed by atoms with Crippen molar-refractivity contribution in [2.75, 3.05) is 6.61 Å². The van der Waals surface area contributed by atoms with Crippen molar-refractivity contribution in [2.45, 2.75) is 12.8 Å². The monoisotopic (exact) mass is 308 g/mol. The van der Waals surface area contributed by atoms with E-state index in [9.17, 15) is 4.79 Å². The van der Waals surface area contributed by atoms with Crippen molar-refractivity contribution >= 4 is 12.1 Å². The summed E-state index contributed by atoms with van der Waals surface area (Å²) in [4.78, 5) is 11.8. The molecule has 1 N–H and O–H groups in total. The van der Waals surface area contributed by atoms with E-state index in [0.29, 0.717) is 19.4 Å². The van der Waals surface area contributed by atoms with Crippen LogP contribution in [0, 0.1) is 0 Å². The fourth-order valence-electron chi connectivity index (χ4n) is 1.98. The SMILES string of the molecule is C=CCOc1cccc(/C=N\NC(=O)CCc2ccccc2)c1. The molecule has 0 aliphatic carbocycles. The lowest BCUT2D eigenvalue weighted by molar-refractivity contribution is -0.121. The highest BCUT2D eigenvalue weighted by Gasteiger charge is 2.00. The third kappa shape index (κ3) is 6.18. The largest absolute Gasteiger partial charge is 0.490 e. The van der Waals surface area contributed by atoms with Crippen LogP contribution in [0.15, 0.2) is 72.4 Å². The van der Waals surface area contributed by atoms with Gasteiger partial charge in [0.1, 0.15) is 12.4 Å². The number of carbonyl (C=O) groups is 1. The van der Waals surface area contributed by atoms with E-state index < -0.39 is 0 Å². The van der Waals surface area contributed by atoms with Crippen LogP contribution in [0.5, 0.6) is 5.75 Å². The van der Waals surface area contributed by atoms with Crippen LogP contribution in [0.3, 0.4) is 0 Å². The van der Waals surface area contributed by atoms with E-state index in [4.69, 9.17) is 4.74 Å². The first-order valence-corrected chi connectivity index (χ1v) is 7.47. The van der Waals surface area contributed by atoms with Gasteiger partial charge in [0, 0.05) is 6.42 Å². The molecular formula is C19H20N2O2. The summed E-state index contributed by atoms with van der Waals surface area (Å²) in [5.74, 6) is 0.633. The molecule has 2 aromatic carbocycles. The van der Waals surface area contributed by atoms with Gasteiger partial charge in [-0.05, 0) is 29.7 Å². The van der Waals surface area contributed by atoms with Gasteiger partial charge < -0.3 is 4.74 Å². The number of nitrogens with one attached hydrogen (secondary N) is 1. The summed E-state index contributed by atoms with van der Waals surface area (Å²) in [6.07, 6.45) is 4.39. The van der Waals surface area contributed by atoms with Gasteiger partial charge in [0.2, 0.25) is 5.91 Å². The highest BCUT2D eigenvalue weighted by Crippen LogP contribution is 2.11. The summed E-state index contributed by atoms with van der Waals surface area (Å²) >= 11 is 0. The van der Waals surface area contributed by atoms with E-state index in [1.54, 1.807) is 12.3 Å². The number of ether oxygens (including phenoxy) is 1. The molecule has 0 aliphatic heterocycles. The van der Waals surface area contributed by atoms with E-state index in [-0.39, 0.29) is 5.91 Å². The number of hydrazone groups is 1. The lowest BCUT2D eigenvalue weighted by Gasteiger charge is -2.03. The molecule has 2 rings (SSSR count). The van der Waals surface area contributed by atoms with Crippen LogP contribution in [0.4, 0.5) is 0 Å². The maximum absolute atomic E-state index is 11.8. The van der Waals surface area contributed by atoms with Gasteiger partial charge in [-0.1, -0.05) is 55.1 Å². The number of rotatable bonds is 8. The Balaban J connectivity index is 1.79. The minimum atomic E-state index is -0.107. The van der Waals surface area contributed by atoms with Crippen LogP contribution < -0.4 is 10.2 Å². The predicted octanol–water partition coefficient (Wildman–Crippen LogP) is 3.33. The number of amides is 1. The van der Waals surface area contributed by atoms with Gasteiger partial charge in [0.15, 0.2) is 0 Å². The first-order chi connectivity index (χ1) is 11.3.